The molecule has 0 N–H and O–H groups in total. The van der Waals surface area contributed by atoms with Crippen LogP contribution in [0.5, 0.6) is 5.75 Å². The van der Waals surface area contributed by atoms with Gasteiger partial charge in [-0.1, -0.05) is 11.6 Å². The summed E-state index contributed by atoms with van der Waals surface area (Å²) >= 11 is 5.54. The van der Waals surface area contributed by atoms with Crippen molar-refractivity contribution in [3.05, 3.63) is 29.0 Å². The number of esters is 1. The number of hydrogen-bond acceptors (Lipinski definition) is 3. The van der Waals surface area contributed by atoms with Crippen molar-refractivity contribution < 1.29 is 18.7 Å². The number of rotatable bonds is 4. The molecule has 0 bridgehead atoms. The van der Waals surface area contributed by atoms with Gasteiger partial charge < -0.3 is 9.47 Å². The molecule has 0 heterocycles. The molecule has 0 aliphatic heterocycles. The molecule has 1 rings (SSSR count). The average Bonchev–Trinajstić information content (AvgIpc) is 2.19. The summed E-state index contributed by atoms with van der Waals surface area (Å²) in [5.74, 6) is -0.679. The van der Waals surface area contributed by atoms with Crippen LogP contribution in [0.15, 0.2) is 18.2 Å². The van der Waals surface area contributed by atoms with Gasteiger partial charge in [-0.3, -0.25) is 0 Å². The van der Waals surface area contributed by atoms with Crippen LogP contribution in [0.4, 0.5) is 4.39 Å². The van der Waals surface area contributed by atoms with E-state index in [-0.39, 0.29) is 17.7 Å². The van der Waals surface area contributed by atoms with Crippen LogP contribution in [0, 0.1) is 5.82 Å². The van der Waals surface area contributed by atoms with Crippen LogP contribution in [0.25, 0.3) is 0 Å². The molecular formula is C11H12ClFO3. The van der Waals surface area contributed by atoms with Crippen molar-refractivity contribution in [2.24, 2.45) is 0 Å². The second-order valence-electron chi connectivity index (χ2n) is 3.40. The topological polar surface area (TPSA) is 35.5 Å². The number of carbonyl (C=O) groups excluding carboxylic acids is 1. The molecule has 0 saturated carbocycles. The fourth-order valence-electron chi connectivity index (χ4n) is 1.01. The Labute approximate surface area is 98.1 Å². The third-order valence-electron chi connectivity index (χ3n) is 1.61. The molecule has 1 aromatic rings. The Balaban J connectivity index is 2.48. The average molecular weight is 247 g/mol. The second kappa shape index (κ2) is 5.70. The smallest absolute Gasteiger partial charge is 0.344 e. The first-order chi connectivity index (χ1) is 7.49. The lowest BCUT2D eigenvalue weighted by molar-refractivity contribution is -0.149. The van der Waals surface area contributed by atoms with Gasteiger partial charge in [-0.15, -0.1) is 0 Å². The number of benzene rings is 1. The van der Waals surface area contributed by atoms with E-state index in [0.29, 0.717) is 5.75 Å². The Hall–Kier alpha value is -1.29. The van der Waals surface area contributed by atoms with Crippen molar-refractivity contribution in [1.82, 2.24) is 0 Å². The Morgan fingerprint density at radius 2 is 2.19 bits per heavy atom. The molecule has 5 heteroatoms. The van der Waals surface area contributed by atoms with Gasteiger partial charge in [-0.2, -0.15) is 0 Å². The van der Waals surface area contributed by atoms with Crippen molar-refractivity contribution in [1.29, 1.82) is 0 Å². The zero-order valence-corrected chi connectivity index (χ0v) is 9.75. The molecular weight excluding hydrogens is 235 g/mol. The predicted octanol–water partition coefficient (Wildman–Crippen LogP) is 2.81. The van der Waals surface area contributed by atoms with Crippen LogP contribution < -0.4 is 4.74 Å². The monoisotopic (exact) mass is 246 g/mol. The molecule has 0 saturated heterocycles. The number of ether oxygens (including phenoxy) is 2. The summed E-state index contributed by atoms with van der Waals surface area (Å²) in [7, 11) is 0. The highest BCUT2D eigenvalue weighted by molar-refractivity contribution is 6.30. The van der Waals surface area contributed by atoms with E-state index in [1.54, 1.807) is 13.8 Å². The quantitative estimate of drug-likeness (QED) is 0.767. The summed E-state index contributed by atoms with van der Waals surface area (Å²) in [5.41, 5.74) is 0. The summed E-state index contributed by atoms with van der Waals surface area (Å²) in [6, 6.07) is 3.87. The minimum absolute atomic E-state index is 0.0465. The van der Waals surface area contributed by atoms with E-state index in [9.17, 15) is 9.18 Å². The van der Waals surface area contributed by atoms with Crippen molar-refractivity contribution in [2.45, 2.75) is 20.0 Å². The normalized spacial score (nSPS) is 10.3. The van der Waals surface area contributed by atoms with Gasteiger partial charge >= 0.3 is 5.97 Å². The number of hydrogen-bond donors (Lipinski definition) is 0. The van der Waals surface area contributed by atoms with Crippen LogP contribution in [0.2, 0.25) is 5.02 Å². The maximum Gasteiger partial charge on any atom is 0.344 e. The van der Waals surface area contributed by atoms with E-state index in [1.165, 1.54) is 18.2 Å². The minimum Gasteiger partial charge on any atom is -0.482 e. The third kappa shape index (κ3) is 4.06. The molecule has 0 aliphatic rings. The van der Waals surface area contributed by atoms with Gasteiger partial charge in [0.25, 0.3) is 0 Å². The molecule has 0 aromatic heterocycles. The molecule has 0 spiro atoms. The lowest BCUT2D eigenvalue weighted by Crippen LogP contribution is -2.18. The standard InChI is InChI=1S/C11H12ClFO3/c1-7(2)16-11(14)6-15-8-3-4-10(13)9(12)5-8/h3-5,7H,6H2,1-2H3. The highest BCUT2D eigenvalue weighted by atomic mass is 35.5. The van der Waals surface area contributed by atoms with Crippen molar-refractivity contribution >= 4 is 17.6 Å². The summed E-state index contributed by atoms with van der Waals surface area (Å²) in [5, 5.41) is -0.0465. The van der Waals surface area contributed by atoms with Gasteiger partial charge in [0, 0.05) is 6.07 Å². The molecule has 0 fully saturated rings. The zero-order chi connectivity index (χ0) is 12.1. The summed E-state index contributed by atoms with van der Waals surface area (Å²) in [4.78, 5) is 11.1. The highest BCUT2D eigenvalue weighted by Crippen LogP contribution is 2.20. The van der Waals surface area contributed by atoms with E-state index in [1.807, 2.05) is 0 Å². The SMILES string of the molecule is CC(C)OC(=O)COc1ccc(F)c(Cl)c1. The van der Waals surface area contributed by atoms with Crippen LogP contribution in [0.3, 0.4) is 0 Å². The van der Waals surface area contributed by atoms with E-state index < -0.39 is 11.8 Å². The number of carbonyl (C=O) groups is 1. The molecule has 88 valence electrons. The maximum absolute atomic E-state index is 12.8. The Morgan fingerprint density at radius 3 is 2.75 bits per heavy atom. The molecule has 3 nitrogen and oxygen atoms in total. The first-order valence-corrected chi connectivity index (χ1v) is 5.14. The van der Waals surface area contributed by atoms with Gasteiger partial charge in [0.15, 0.2) is 6.61 Å². The Morgan fingerprint density at radius 1 is 1.50 bits per heavy atom. The maximum atomic E-state index is 12.8. The molecule has 0 unspecified atom stereocenters. The summed E-state index contributed by atoms with van der Waals surface area (Å²) < 4.78 is 22.7. The fourth-order valence-corrected chi connectivity index (χ4v) is 1.18. The Kier molecular flexibility index (Phi) is 4.55. The first-order valence-electron chi connectivity index (χ1n) is 4.76. The largest absolute Gasteiger partial charge is 0.482 e. The zero-order valence-electron chi connectivity index (χ0n) is 9.00. The predicted molar refractivity (Wildman–Crippen MR) is 58.1 cm³/mol. The second-order valence-corrected chi connectivity index (χ2v) is 3.81. The minimum atomic E-state index is -0.529. The molecule has 0 atom stereocenters. The van der Waals surface area contributed by atoms with Gasteiger partial charge in [0.05, 0.1) is 11.1 Å². The molecule has 0 aliphatic carbocycles. The Bertz CT molecular complexity index is 379. The van der Waals surface area contributed by atoms with Gasteiger partial charge in [-0.25, -0.2) is 9.18 Å². The van der Waals surface area contributed by atoms with Gasteiger partial charge in [0.2, 0.25) is 0 Å². The summed E-state index contributed by atoms with van der Waals surface area (Å²) in [6.07, 6.45) is -0.187. The van der Waals surface area contributed by atoms with E-state index in [4.69, 9.17) is 21.1 Å². The molecule has 1 aromatic carbocycles. The van der Waals surface area contributed by atoms with E-state index >= 15 is 0 Å². The van der Waals surface area contributed by atoms with Crippen LogP contribution in [-0.2, 0) is 9.53 Å². The van der Waals surface area contributed by atoms with Gasteiger partial charge in [-0.05, 0) is 26.0 Å². The van der Waals surface area contributed by atoms with Crippen molar-refractivity contribution in [2.75, 3.05) is 6.61 Å². The molecule has 0 amide bonds. The van der Waals surface area contributed by atoms with Crippen LogP contribution in [0.1, 0.15) is 13.8 Å². The molecule has 0 radical (unpaired) electrons. The van der Waals surface area contributed by atoms with Gasteiger partial charge in [0.1, 0.15) is 11.6 Å². The highest BCUT2D eigenvalue weighted by Gasteiger charge is 2.07. The summed E-state index contributed by atoms with van der Waals surface area (Å²) in [6.45, 7) is 3.26. The molecule has 16 heavy (non-hydrogen) atoms. The fraction of sp³-hybridized carbons (Fsp3) is 0.364. The first kappa shape index (κ1) is 12.8. The van der Waals surface area contributed by atoms with Crippen molar-refractivity contribution in [3.8, 4) is 5.75 Å². The van der Waals surface area contributed by atoms with Crippen LogP contribution in [-0.4, -0.2) is 18.7 Å². The van der Waals surface area contributed by atoms with E-state index in [0.717, 1.165) is 0 Å². The van der Waals surface area contributed by atoms with Crippen molar-refractivity contribution in [3.63, 3.8) is 0 Å². The number of halogens is 2. The lowest BCUT2D eigenvalue weighted by Gasteiger charge is -2.09. The van der Waals surface area contributed by atoms with Crippen LogP contribution >= 0.6 is 11.6 Å². The van der Waals surface area contributed by atoms with E-state index in [2.05, 4.69) is 0 Å². The third-order valence-corrected chi connectivity index (χ3v) is 1.90. The lowest BCUT2D eigenvalue weighted by atomic mass is 10.3.